The summed E-state index contributed by atoms with van der Waals surface area (Å²) < 4.78 is 19.4. The van der Waals surface area contributed by atoms with Crippen molar-refractivity contribution >= 4 is 28.3 Å². The number of ether oxygens (including phenoxy) is 1. The number of aryl methyl sites for hydroxylation is 1. The lowest BCUT2D eigenvalue weighted by molar-refractivity contribution is 0.0844. The number of hydrazine groups is 1. The van der Waals surface area contributed by atoms with Gasteiger partial charge < -0.3 is 9.64 Å². The normalized spacial score (nSPS) is 13.6. The molecular weight excluding hydrogens is 439 g/mol. The number of carbonyl (C=O) groups is 2. The number of nitrogens with one attached hydrogen (secondary N) is 2. The Labute approximate surface area is 185 Å². The zero-order valence-electron chi connectivity index (χ0n) is 17.0. The number of anilines is 1. The molecule has 2 N–H and O–H groups in total. The van der Waals surface area contributed by atoms with E-state index in [0.29, 0.717) is 42.6 Å². The zero-order chi connectivity index (χ0) is 22.7. The van der Waals surface area contributed by atoms with E-state index in [1.165, 1.54) is 41.7 Å². The molecule has 12 heteroatoms. The standard InChI is InChI=1S/C20H19FN6O4S/c1-12-17(32-20(22-12)26-8-10-31-11-9-26)19(30)24-23-18(29)15-6-7-16(28)27(25-15)14-4-2-13(21)3-5-14/h2-7H,8-11H2,1H3,(H,23,29)(H,24,30). The second-order valence-electron chi connectivity index (χ2n) is 6.86. The summed E-state index contributed by atoms with van der Waals surface area (Å²) in [6.45, 7) is 4.31. The molecule has 2 amide bonds. The molecule has 32 heavy (non-hydrogen) atoms. The minimum atomic E-state index is -0.718. The first-order valence-corrected chi connectivity index (χ1v) is 10.5. The number of halogens is 1. The molecule has 0 radical (unpaired) electrons. The first-order chi connectivity index (χ1) is 15.4. The lowest BCUT2D eigenvalue weighted by atomic mass is 10.3. The van der Waals surface area contributed by atoms with E-state index in [0.717, 1.165) is 15.9 Å². The zero-order valence-corrected chi connectivity index (χ0v) is 17.8. The van der Waals surface area contributed by atoms with Gasteiger partial charge >= 0.3 is 0 Å². The van der Waals surface area contributed by atoms with Gasteiger partial charge in [-0.1, -0.05) is 11.3 Å². The molecule has 1 aromatic carbocycles. The number of aromatic nitrogens is 3. The first-order valence-electron chi connectivity index (χ1n) is 9.69. The molecule has 0 atom stereocenters. The molecule has 4 rings (SSSR count). The van der Waals surface area contributed by atoms with Crippen LogP contribution in [-0.4, -0.2) is 52.9 Å². The fourth-order valence-electron chi connectivity index (χ4n) is 3.02. The fraction of sp³-hybridized carbons (Fsp3) is 0.250. The molecule has 3 aromatic rings. The third-order valence-corrected chi connectivity index (χ3v) is 5.88. The highest BCUT2D eigenvalue weighted by Crippen LogP contribution is 2.26. The van der Waals surface area contributed by atoms with E-state index in [1.807, 2.05) is 4.90 Å². The Bertz CT molecular complexity index is 1200. The van der Waals surface area contributed by atoms with Gasteiger partial charge in [-0.05, 0) is 37.3 Å². The molecule has 1 aliphatic heterocycles. The number of hydrogen-bond acceptors (Lipinski definition) is 8. The molecule has 0 bridgehead atoms. The summed E-state index contributed by atoms with van der Waals surface area (Å²) in [6, 6.07) is 7.49. The number of rotatable bonds is 4. The molecule has 1 saturated heterocycles. The Kier molecular flexibility index (Phi) is 6.23. The highest BCUT2D eigenvalue weighted by atomic mass is 32.1. The predicted molar refractivity (Wildman–Crippen MR) is 115 cm³/mol. The van der Waals surface area contributed by atoms with E-state index in [-0.39, 0.29) is 5.69 Å². The van der Waals surface area contributed by atoms with Gasteiger partial charge in [0.05, 0.1) is 24.6 Å². The average Bonchev–Trinajstić information content (AvgIpc) is 3.20. The van der Waals surface area contributed by atoms with Gasteiger partial charge in [0, 0.05) is 19.2 Å². The van der Waals surface area contributed by atoms with Gasteiger partial charge in [0.1, 0.15) is 10.7 Å². The summed E-state index contributed by atoms with van der Waals surface area (Å²) in [6.07, 6.45) is 0. The van der Waals surface area contributed by atoms with Crippen LogP contribution in [0.5, 0.6) is 0 Å². The fourth-order valence-corrected chi connectivity index (χ4v) is 4.03. The van der Waals surface area contributed by atoms with E-state index in [2.05, 4.69) is 20.9 Å². The first kappa shape index (κ1) is 21.6. The van der Waals surface area contributed by atoms with Gasteiger partial charge in [-0.15, -0.1) is 0 Å². The number of morpholine rings is 1. The maximum Gasteiger partial charge on any atom is 0.290 e. The monoisotopic (exact) mass is 458 g/mol. The molecular formula is C20H19FN6O4S. The minimum Gasteiger partial charge on any atom is -0.378 e. The molecule has 3 heterocycles. The SMILES string of the molecule is Cc1nc(N2CCOCC2)sc1C(=O)NNC(=O)c1ccc(=O)n(-c2ccc(F)cc2)n1. The van der Waals surface area contributed by atoms with E-state index >= 15 is 0 Å². The van der Waals surface area contributed by atoms with Gasteiger partial charge in [0.25, 0.3) is 17.4 Å². The highest BCUT2D eigenvalue weighted by molar-refractivity contribution is 7.17. The molecule has 1 fully saturated rings. The van der Waals surface area contributed by atoms with Gasteiger partial charge in [-0.25, -0.2) is 9.37 Å². The number of nitrogens with zero attached hydrogens (tertiary/aromatic N) is 4. The lowest BCUT2D eigenvalue weighted by Crippen LogP contribution is -2.42. The van der Waals surface area contributed by atoms with Crippen molar-refractivity contribution in [2.24, 2.45) is 0 Å². The highest BCUT2D eigenvalue weighted by Gasteiger charge is 2.21. The maximum absolute atomic E-state index is 13.1. The number of benzene rings is 1. The Morgan fingerprint density at radius 2 is 1.75 bits per heavy atom. The summed E-state index contributed by atoms with van der Waals surface area (Å²) in [5.41, 5.74) is 4.88. The number of thiazole rings is 1. The maximum atomic E-state index is 13.1. The molecule has 0 aliphatic carbocycles. The molecule has 2 aromatic heterocycles. The van der Waals surface area contributed by atoms with Crippen molar-refractivity contribution in [3.63, 3.8) is 0 Å². The van der Waals surface area contributed by atoms with Crippen molar-refractivity contribution in [2.45, 2.75) is 6.92 Å². The van der Waals surface area contributed by atoms with Crippen LogP contribution in [0.2, 0.25) is 0 Å². The van der Waals surface area contributed by atoms with Crippen LogP contribution in [0.25, 0.3) is 5.69 Å². The Morgan fingerprint density at radius 1 is 1.06 bits per heavy atom. The molecule has 0 unspecified atom stereocenters. The largest absolute Gasteiger partial charge is 0.378 e. The summed E-state index contributed by atoms with van der Waals surface area (Å²) in [5, 5.41) is 4.71. The summed E-state index contributed by atoms with van der Waals surface area (Å²) in [4.78, 5) is 44.0. The second-order valence-corrected chi connectivity index (χ2v) is 7.84. The van der Waals surface area contributed by atoms with E-state index in [4.69, 9.17) is 4.74 Å². The second kappa shape index (κ2) is 9.24. The third kappa shape index (κ3) is 4.65. The van der Waals surface area contributed by atoms with Crippen LogP contribution < -0.4 is 21.3 Å². The number of carbonyl (C=O) groups excluding carboxylic acids is 2. The van der Waals surface area contributed by atoms with Gasteiger partial charge in [-0.2, -0.15) is 9.78 Å². The molecule has 0 spiro atoms. The molecule has 10 nitrogen and oxygen atoms in total. The summed E-state index contributed by atoms with van der Waals surface area (Å²) >= 11 is 1.23. The molecule has 166 valence electrons. The van der Waals surface area contributed by atoms with Crippen LogP contribution in [0.3, 0.4) is 0 Å². The van der Waals surface area contributed by atoms with Crippen LogP contribution in [0.4, 0.5) is 9.52 Å². The third-order valence-electron chi connectivity index (χ3n) is 4.67. The predicted octanol–water partition coefficient (Wildman–Crippen LogP) is 1.05. The topological polar surface area (TPSA) is 118 Å². The number of amides is 2. The van der Waals surface area contributed by atoms with Crippen LogP contribution in [0.15, 0.2) is 41.2 Å². The summed E-state index contributed by atoms with van der Waals surface area (Å²) in [5.74, 6) is -1.70. The molecule has 0 saturated carbocycles. The quantitative estimate of drug-likeness (QED) is 0.561. The molecule has 1 aliphatic rings. The Balaban J connectivity index is 1.44. The van der Waals surface area contributed by atoms with E-state index in [9.17, 15) is 18.8 Å². The number of hydrogen-bond donors (Lipinski definition) is 2. The van der Waals surface area contributed by atoms with Crippen molar-refractivity contribution in [3.05, 3.63) is 68.8 Å². The van der Waals surface area contributed by atoms with Gasteiger partial charge in [-0.3, -0.25) is 25.2 Å². The van der Waals surface area contributed by atoms with Crippen LogP contribution in [0.1, 0.15) is 25.9 Å². The van der Waals surface area contributed by atoms with Crippen molar-refractivity contribution in [1.29, 1.82) is 0 Å². The lowest BCUT2D eigenvalue weighted by Gasteiger charge is -2.25. The van der Waals surface area contributed by atoms with E-state index in [1.54, 1.807) is 6.92 Å². The van der Waals surface area contributed by atoms with Crippen molar-refractivity contribution in [2.75, 3.05) is 31.2 Å². The smallest absolute Gasteiger partial charge is 0.290 e. The minimum absolute atomic E-state index is 0.107. The Morgan fingerprint density at radius 3 is 2.47 bits per heavy atom. The Hall–Kier alpha value is -3.64. The average molecular weight is 458 g/mol. The van der Waals surface area contributed by atoms with Crippen molar-refractivity contribution in [1.82, 2.24) is 25.6 Å². The van der Waals surface area contributed by atoms with Crippen molar-refractivity contribution in [3.8, 4) is 5.69 Å². The van der Waals surface area contributed by atoms with Crippen molar-refractivity contribution < 1.29 is 18.7 Å². The van der Waals surface area contributed by atoms with Gasteiger partial charge in [0.2, 0.25) is 0 Å². The van der Waals surface area contributed by atoms with Crippen LogP contribution >= 0.6 is 11.3 Å². The van der Waals surface area contributed by atoms with Gasteiger partial charge in [0.15, 0.2) is 10.8 Å². The van der Waals surface area contributed by atoms with Crippen LogP contribution in [-0.2, 0) is 4.74 Å². The van der Waals surface area contributed by atoms with Crippen LogP contribution in [0, 0.1) is 12.7 Å². The van der Waals surface area contributed by atoms with E-state index < -0.39 is 23.2 Å². The summed E-state index contributed by atoms with van der Waals surface area (Å²) in [7, 11) is 0.